The molecule has 0 radical (unpaired) electrons. The Morgan fingerprint density at radius 2 is 1.80 bits per heavy atom. The van der Waals surface area contributed by atoms with Gasteiger partial charge in [0.15, 0.2) is 11.5 Å². The van der Waals surface area contributed by atoms with Gasteiger partial charge in [-0.25, -0.2) is 4.79 Å². The molecule has 7 unspecified atom stereocenters. The van der Waals surface area contributed by atoms with E-state index in [9.17, 15) is 24.3 Å². The zero-order valence-electron chi connectivity index (χ0n) is 25.2. The summed E-state index contributed by atoms with van der Waals surface area (Å²) in [6.07, 6.45) is 0.920. The van der Waals surface area contributed by atoms with Gasteiger partial charge in [-0.3, -0.25) is 19.3 Å². The number of thioether (sulfide) groups is 1. The van der Waals surface area contributed by atoms with E-state index in [1.807, 2.05) is 32.0 Å². The molecule has 2 aliphatic heterocycles. The quantitative estimate of drug-likeness (QED) is 0.249. The van der Waals surface area contributed by atoms with Crippen LogP contribution in [-0.4, -0.2) is 51.2 Å². The summed E-state index contributed by atoms with van der Waals surface area (Å²) in [7, 11) is 1.57. The Labute approximate surface area is 283 Å². The fourth-order valence-electron chi connectivity index (χ4n) is 8.27. The number of carbonyl (C=O) groups is 3. The number of likely N-dealkylation sites (tertiary alicyclic amines) is 1. The molecule has 1 aromatic heterocycles. The van der Waals surface area contributed by atoms with E-state index in [1.165, 1.54) is 11.3 Å². The number of fused-ring (bicyclic) bond motifs is 9. The monoisotopic (exact) mass is 702 g/mol. The molecule has 2 aliphatic carbocycles. The van der Waals surface area contributed by atoms with Gasteiger partial charge in [-0.2, -0.15) is 0 Å². The molecule has 8 atom stereocenters. The fourth-order valence-corrected chi connectivity index (χ4v) is 11.6. The van der Waals surface area contributed by atoms with E-state index in [1.54, 1.807) is 37.1 Å². The molecule has 1 saturated heterocycles. The minimum Gasteiger partial charge on any atom is -0.493 e. The van der Waals surface area contributed by atoms with Gasteiger partial charge in [-0.05, 0) is 66.3 Å². The number of hydrogen-bond acceptors (Lipinski definition) is 8. The van der Waals surface area contributed by atoms with Crippen molar-refractivity contribution in [2.75, 3.05) is 7.11 Å². The van der Waals surface area contributed by atoms with Crippen molar-refractivity contribution in [3.05, 3.63) is 72.1 Å². The van der Waals surface area contributed by atoms with Crippen LogP contribution in [0.1, 0.15) is 48.6 Å². The zero-order valence-corrected chi connectivity index (χ0v) is 28.3. The molecule has 9 nitrogen and oxygen atoms in total. The lowest BCUT2D eigenvalue weighted by Gasteiger charge is -2.43. The van der Waals surface area contributed by atoms with Crippen LogP contribution in [0.15, 0.2) is 46.2 Å². The molecule has 7 rings (SSSR count). The number of carboxylic acid groups (broad SMARTS) is 1. The largest absolute Gasteiger partial charge is 0.493 e. The van der Waals surface area contributed by atoms with E-state index in [4.69, 9.17) is 32.7 Å². The summed E-state index contributed by atoms with van der Waals surface area (Å²) in [6, 6.07) is 9.77. The summed E-state index contributed by atoms with van der Waals surface area (Å²) in [5.74, 6) is -2.46. The maximum absolute atomic E-state index is 14.0. The minimum atomic E-state index is -1.17. The van der Waals surface area contributed by atoms with Gasteiger partial charge in [0.1, 0.15) is 12.6 Å². The van der Waals surface area contributed by atoms with E-state index in [2.05, 4.69) is 4.98 Å². The number of H-pyrrole nitrogens is 1. The summed E-state index contributed by atoms with van der Waals surface area (Å²) < 4.78 is 11.9. The molecule has 242 valence electrons. The number of hydrogen-bond donors (Lipinski definition) is 2. The Morgan fingerprint density at radius 1 is 1.07 bits per heavy atom. The number of nitrogens with zero attached hydrogens (tertiary/aromatic N) is 1. The van der Waals surface area contributed by atoms with Crippen LogP contribution >= 0.6 is 46.3 Å². The number of amides is 2. The lowest BCUT2D eigenvalue weighted by Crippen LogP contribution is -2.47. The third kappa shape index (κ3) is 5.05. The Kier molecular flexibility index (Phi) is 8.18. The number of ether oxygens (including phenoxy) is 2. The molecule has 46 heavy (non-hydrogen) atoms. The SMILES string of the molecule is COc1cc([C@H]2c3sc(=O)[nH]c3SC3C4CC(C5C(=O)N(C(CC(C)C)C(=O)O)C(=O)C45)C32)ccc1OCc1ccc(Cl)cc1Cl. The molecule has 2 N–H and O–H groups in total. The normalized spacial score (nSPS) is 28.3. The Balaban J connectivity index is 1.23. The number of benzene rings is 2. The standard InChI is InChI=1S/C33H32Cl2N2O7S2/c1-13(2)8-20(32(40)41)37-30(38)25-17-11-18(26(25)31(37)39)27-24(17)23(28-29(45-27)36-33(42)46-28)14-5-7-21(22(9-14)43-3)44-12-15-4-6-16(34)10-19(15)35/h4-7,9-10,13,17-18,20,23-27H,8,11-12H2,1-3H3,(H,36,42)(H,40,41)/t17?,18?,20?,23-,24?,25?,26?,27?/m1/s1. The van der Waals surface area contributed by atoms with Crippen molar-refractivity contribution in [2.45, 2.75) is 55.5 Å². The number of methoxy groups -OCH3 is 1. The second kappa shape index (κ2) is 11.9. The third-order valence-corrected chi connectivity index (χ3v) is 13.2. The number of aromatic nitrogens is 1. The van der Waals surface area contributed by atoms with Crippen molar-refractivity contribution in [2.24, 2.45) is 35.5 Å². The van der Waals surface area contributed by atoms with Gasteiger partial charge in [0.25, 0.3) is 0 Å². The molecule has 3 fully saturated rings. The van der Waals surface area contributed by atoms with Gasteiger partial charge >= 0.3 is 10.8 Å². The van der Waals surface area contributed by atoms with Crippen LogP contribution in [0.4, 0.5) is 0 Å². The van der Waals surface area contributed by atoms with Crippen LogP contribution in [0, 0.1) is 35.5 Å². The molecule has 13 heteroatoms. The first kappa shape index (κ1) is 31.6. The summed E-state index contributed by atoms with van der Waals surface area (Å²) in [5, 5.41) is 11.8. The van der Waals surface area contributed by atoms with Gasteiger partial charge in [-0.1, -0.05) is 60.5 Å². The first-order chi connectivity index (χ1) is 22.0. The predicted molar refractivity (Wildman–Crippen MR) is 175 cm³/mol. The van der Waals surface area contributed by atoms with Crippen LogP contribution in [0.3, 0.4) is 0 Å². The highest BCUT2D eigenvalue weighted by molar-refractivity contribution is 8.00. The van der Waals surface area contributed by atoms with E-state index in [0.717, 1.165) is 25.9 Å². The average Bonchev–Trinajstić information content (AvgIpc) is 3.74. The van der Waals surface area contributed by atoms with E-state index >= 15 is 0 Å². The van der Waals surface area contributed by atoms with Crippen LogP contribution in [0.25, 0.3) is 0 Å². The van der Waals surface area contributed by atoms with Gasteiger partial charge < -0.3 is 19.6 Å². The van der Waals surface area contributed by atoms with Crippen molar-refractivity contribution in [1.29, 1.82) is 0 Å². The van der Waals surface area contributed by atoms with Crippen molar-refractivity contribution >= 4 is 64.1 Å². The third-order valence-electron chi connectivity index (χ3n) is 9.99. The van der Waals surface area contributed by atoms with Gasteiger partial charge in [0, 0.05) is 31.7 Å². The van der Waals surface area contributed by atoms with Crippen molar-refractivity contribution in [1.82, 2.24) is 9.88 Å². The van der Waals surface area contributed by atoms with Crippen molar-refractivity contribution < 1.29 is 29.0 Å². The molecule has 0 spiro atoms. The molecule has 2 aromatic carbocycles. The topological polar surface area (TPSA) is 126 Å². The molecule has 3 aromatic rings. The number of rotatable bonds is 9. The summed E-state index contributed by atoms with van der Waals surface area (Å²) in [5.41, 5.74) is 1.69. The molecule has 3 heterocycles. The molecule has 2 amide bonds. The van der Waals surface area contributed by atoms with Crippen molar-refractivity contribution in [3.63, 3.8) is 0 Å². The van der Waals surface area contributed by atoms with Crippen LogP contribution in [0.2, 0.25) is 10.0 Å². The first-order valence-corrected chi connectivity index (χ1v) is 17.7. The second-order valence-corrected chi connectivity index (χ2v) is 16.0. The van der Waals surface area contributed by atoms with Crippen LogP contribution in [-0.2, 0) is 21.0 Å². The number of halogens is 2. The first-order valence-electron chi connectivity index (χ1n) is 15.2. The second-order valence-electron chi connectivity index (χ2n) is 12.9. The van der Waals surface area contributed by atoms with E-state index in [0.29, 0.717) is 28.0 Å². The maximum atomic E-state index is 14.0. The molecular formula is C33H32Cl2N2O7S2. The Morgan fingerprint density at radius 3 is 2.48 bits per heavy atom. The molecular weight excluding hydrogens is 671 g/mol. The Hall–Kier alpha value is -2.99. The number of imide groups is 1. The van der Waals surface area contributed by atoms with E-state index < -0.39 is 23.8 Å². The zero-order chi connectivity index (χ0) is 32.6. The maximum Gasteiger partial charge on any atom is 0.326 e. The summed E-state index contributed by atoms with van der Waals surface area (Å²) >= 11 is 15.1. The lowest BCUT2D eigenvalue weighted by molar-refractivity contribution is -0.156. The smallest absolute Gasteiger partial charge is 0.326 e. The molecule has 2 bridgehead atoms. The minimum absolute atomic E-state index is 0.000650. The molecule has 2 saturated carbocycles. The highest BCUT2D eigenvalue weighted by Crippen LogP contribution is 2.68. The average molecular weight is 704 g/mol. The Bertz CT molecular complexity index is 1810. The number of carbonyl (C=O) groups excluding carboxylic acids is 2. The molecule has 4 aliphatic rings. The van der Waals surface area contributed by atoms with Crippen LogP contribution < -0.4 is 14.3 Å². The van der Waals surface area contributed by atoms with E-state index in [-0.39, 0.29) is 64.6 Å². The van der Waals surface area contributed by atoms with Gasteiger partial charge in [0.2, 0.25) is 11.8 Å². The lowest BCUT2D eigenvalue weighted by atomic mass is 9.68. The number of thiazole rings is 1. The number of aliphatic carboxylic acids is 1. The van der Waals surface area contributed by atoms with Gasteiger partial charge in [-0.15, -0.1) is 11.8 Å². The van der Waals surface area contributed by atoms with Gasteiger partial charge in [0.05, 0.1) is 24.0 Å². The fraction of sp³-hybridized carbons (Fsp3) is 0.455. The van der Waals surface area contributed by atoms with Crippen LogP contribution in [0.5, 0.6) is 11.5 Å². The van der Waals surface area contributed by atoms with Crippen molar-refractivity contribution in [3.8, 4) is 11.5 Å². The highest BCUT2D eigenvalue weighted by atomic mass is 35.5. The number of carboxylic acids is 1. The highest BCUT2D eigenvalue weighted by Gasteiger charge is 2.70. The predicted octanol–water partition coefficient (Wildman–Crippen LogP) is 6.30. The number of aromatic amines is 1. The number of nitrogens with one attached hydrogen (secondary N) is 1. The summed E-state index contributed by atoms with van der Waals surface area (Å²) in [6.45, 7) is 3.98. The summed E-state index contributed by atoms with van der Waals surface area (Å²) in [4.78, 5) is 57.6.